The van der Waals surface area contributed by atoms with Crippen LogP contribution in [0.5, 0.6) is 0 Å². The molecule has 114 valence electrons. The number of carbonyl (C=O) groups is 1. The van der Waals surface area contributed by atoms with Crippen molar-refractivity contribution in [3.8, 4) is 0 Å². The minimum atomic E-state index is -1.62. The summed E-state index contributed by atoms with van der Waals surface area (Å²) >= 11 is 0. The molecule has 0 amide bonds. The van der Waals surface area contributed by atoms with Gasteiger partial charge in [0.15, 0.2) is 0 Å². The van der Waals surface area contributed by atoms with Crippen LogP contribution < -0.4 is 0 Å². The third-order valence-corrected chi connectivity index (χ3v) is 2.66. The summed E-state index contributed by atoms with van der Waals surface area (Å²) in [5.74, 6) is -0.750. The van der Waals surface area contributed by atoms with Crippen molar-refractivity contribution in [2.75, 3.05) is 0 Å². The highest BCUT2D eigenvalue weighted by molar-refractivity contribution is 5.66. The molecule has 0 aromatic heterocycles. The Morgan fingerprint density at radius 1 is 0.950 bits per heavy atom. The Labute approximate surface area is 129 Å². The van der Waals surface area contributed by atoms with Gasteiger partial charge in [-0.15, -0.1) is 0 Å². The summed E-state index contributed by atoms with van der Waals surface area (Å²) in [6, 6.07) is 0. The lowest BCUT2D eigenvalue weighted by molar-refractivity contribution is -0.137. The highest BCUT2D eigenvalue weighted by Gasteiger charge is 1.95. The van der Waals surface area contributed by atoms with E-state index in [4.69, 9.17) is 10.6 Å². The first-order valence-corrected chi connectivity index (χ1v) is 7.43. The zero-order valence-electron chi connectivity index (χ0n) is 16.5. The molecule has 0 atom stereocenters. The molecule has 0 bridgehead atoms. The Balaban J connectivity index is 4.02. The molecule has 0 saturated carbocycles. The smallest absolute Gasteiger partial charge is 0.303 e. The van der Waals surface area contributed by atoms with Gasteiger partial charge in [0.05, 0.1) is 0 Å². The van der Waals surface area contributed by atoms with Crippen LogP contribution >= 0.6 is 0 Å². The highest BCUT2D eigenvalue weighted by Crippen LogP contribution is 2.06. The Hall–Kier alpha value is -1.31. The third kappa shape index (κ3) is 16.7. The number of hydrogen-bond acceptors (Lipinski definition) is 1. The van der Waals surface area contributed by atoms with Gasteiger partial charge in [0.1, 0.15) is 0 Å². The lowest BCUT2D eigenvalue weighted by Crippen LogP contribution is -1.93. The van der Waals surface area contributed by atoms with Crippen LogP contribution in [0.4, 0.5) is 0 Å². The SMILES string of the molecule is [2H]C([2H])(C=CCC)C=CC([2H])([2H])CC=CCCCCCCC(=O)O. The second kappa shape index (κ2) is 15.7. The fraction of sp³-hybridized carbons (Fsp3) is 0.611. The van der Waals surface area contributed by atoms with Gasteiger partial charge in [-0.05, 0) is 44.8 Å². The van der Waals surface area contributed by atoms with Crippen LogP contribution in [0, 0.1) is 0 Å². The van der Waals surface area contributed by atoms with Crippen molar-refractivity contribution < 1.29 is 15.4 Å². The normalized spacial score (nSPS) is 16.4. The average Bonchev–Trinajstić information content (AvgIpc) is 2.49. The fourth-order valence-electron chi connectivity index (χ4n) is 1.58. The predicted molar refractivity (Wildman–Crippen MR) is 86.9 cm³/mol. The van der Waals surface area contributed by atoms with Crippen LogP contribution in [-0.4, -0.2) is 11.1 Å². The maximum Gasteiger partial charge on any atom is 0.303 e. The molecule has 0 rings (SSSR count). The standard InChI is InChI=1S/C18H30O2/c1-2-3-4-5-6-7-8-9-10-11-12-13-14-15-16-17-18(19)20/h3-4,6-7,10-11H,2,5,8-9,12-17H2,1H3,(H,19,20)/i5D2,8D2. The Kier molecular flexibility index (Phi) is 9.79. The number of allylic oxidation sites excluding steroid dienone is 6. The average molecular weight is 282 g/mol. The van der Waals surface area contributed by atoms with Crippen LogP contribution in [0.3, 0.4) is 0 Å². The molecule has 0 radical (unpaired) electrons. The van der Waals surface area contributed by atoms with Crippen molar-refractivity contribution in [3.05, 3.63) is 36.5 Å². The zero-order chi connectivity index (χ0) is 18.5. The minimum absolute atomic E-state index is 0.218. The number of unbranched alkanes of at least 4 members (excludes halogenated alkanes) is 4. The first-order valence-electron chi connectivity index (χ1n) is 9.43. The van der Waals surface area contributed by atoms with E-state index in [1.165, 1.54) is 18.2 Å². The summed E-state index contributed by atoms with van der Waals surface area (Å²) < 4.78 is 31.2. The van der Waals surface area contributed by atoms with E-state index in [0.717, 1.165) is 32.1 Å². The number of carboxylic acids is 1. The summed E-state index contributed by atoms with van der Waals surface area (Å²) in [5, 5.41) is 8.52. The predicted octanol–water partition coefficient (Wildman–Crippen LogP) is 5.66. The van der Waals surface area contributed by atoms with Gasteiger partial charge >= 0.3 is 5.97 Å². The van der Waals surface area contributed by atoms with Crippen LogP contribution in [0.2, 0.25) is 0 Å². The van der Waals surface area contributed by atoms with Gasteiger partial charge in [-0.3, -0.25) is 4.79 Å². The van der Waals surface area contributed by atoms with Gasteiger partial charge < -0.3 is 5.11 Å². The van der Waals surface area contributed by atoms with Gasteiger partial charge in [0.25, 0.3) is 0 Å². The molecule has 2 heteroatoms. The Morgan fingerprint density at radius 3 is 2.40 bits per heavy atom. The highest BCUT2D eigenvalue weighted by atomic mass is 16.4. The largest absolute Gasteiger partial charge is 0.481 e. The van der Waals surface area contributed by atoms with Crippen molar-refractivity contribution >= 4 is 5.97 Å². The quantitative estimate of drug-likeness (QED) is 0.349. The van der Waals surface area contributed by atoms with Crippen LogP contribution in [0.1, 0.15) is 76.5 Å². The zero-order valence-corrected chi connectivity index (χ0v) is 12.5. The molecule has 0 fully saturated rings. The summed E-state index contributed by atoms with van der Waals surface area (Å²) in [6.07, 6.45) is 11.9. The van der Waals surface area contributed by atoms with Crippen molar-refractivity contribution in [2.24, 2.45) is 0 Å². The van der Waals surface area contributed by atoms with Crippen LogP contribution in [0.15, 0.2) is 36.5 Å². The Morgan fingerprint density at radius 2 is 1.65 bits per heavy atom. The van der Waals surface area contributed by atoms with Gasteiger partial charge in [-0.25, -0.2) is 0 Å². The molecule has 0 saturated heterocycles. The van der Waals surface area contributed by atoms with E-state index in [0.29, 0.717) is 6.42 Å². The van der Waals surface area contributed by atoms with Crippen molar-refractivity contribution in [3.63, 3.8) is 0 Å². The molecule has 0 heterocycles. The molecule has 20 heavy (non-hydrogen) atoms. The molecular formula is C18H30O2. The fourth-order valence-corrected chi connectivity index (χ4v) is 1.58. The van der Waals surface area contributed by atoms with Crippen LogP contribution in [-0.2, 0) is 4.79 Å². The second-order valence-electron chi connectivity index (χ2n) is 4.54. The minimum Gasteiger partial charge on any atom is -0.481 e. The molecular weight excluding hydrogens is 248 g/mol. The lowest BCUT2D eigenvalue weighted by atomic mass is 10.1. The second-order valence-corrected chi connectivity index (χ2v) is 4.54. The third-order valence-electron chi connectivity index (χ3n) is 2.66. The van der Waals surface area contributed by atoms with Crippen LogP contribution in [0.25, 0.3) is 0 Å². The van der Waals surface area contributed by atoms with Crippen molar-refractivity contribution in [1.29, 1.82) is 0 Å². The van der Waals surface area contributed by atoms with E-state index in [1.807, 2.05) is 13.0 Å². The summed E-state index contributed by atoms with van der Waals surface area (Å²) in [4.78, 5) is 10.4. The van der Waals surface area contributed by atoms with Gasteiger partial charge in [-0.2, -0.15) is 0 Å². The number of carboxylic acid groups (broad SMARTS) is 1. The molecule has 0 unspecified atom stereocenters. The van der Waals surface area contributed by atoms with Gasteiger partial charge in [-0.1, -0.05) is 56.2 Å². The van der Waals surface area contributed by atoms with Gasteiger partial charge in [0.2, 0.25) is 0 Å². The molecule has 0 aromatic carbocycles. The molecule has 0 aliphatic heterocycles. The number of aliphatic carboxylic acids is 1. The topological polar surface area (TPSA) is 37.3 Å². The van der Waals surface area contributed by atoms with Crippen molar-refractivity contribution in [2.45, 2.75) is 71.0 Å². The van der Waals surface area contributed by atoms with E-state index in [1.54, 1.807) is 12.2 Å². The van der Waals surface area contributed by atoms with Gasteiger partial charge in [0, 0.05) is 11.9 Å². The molecule has 0 aliphatic carbocycles. The summed E-state index contributed by atoms with van der Waals surface area (Å²) in [7, 11) is 0. The molecule has 0 aromatic rings. The van der Waals surface area contributed by atoms with E-state index in [9.17, 15) is 4.79 Å². The monoisotopic (exact) mass is 282 g/mol. The lowest BCUT2D eigenvalue weighted by Gasteiger charge is -1.96. The molecule has 1 N–H and O–H groups in total. The van der Waals surface area contributed by atoms with E-state index >= 15 is 0 Å². The molecule has 0 aliphatic rings. The summed E-state index contributed by atoms with van der Waals surface area (Å²) in [6.45, 7) is 1.92. The first kappa shape index (κ1) is 12.4. The Bertz CT molecular complexity index is 440. The maximum absolute atomic E-state index is 10.4. The van der Waals surface area contributed by atoms with E-state index < -0.39 is 18.7 Å². The van der Waals surface area contributed by atoms with Crippen molar-refractivity contribution in [1.82, 2.24) is 0 Å². The maximum atomic E-state index is 10.4. The van der Waals surface area contributed by atoms with E-state index in [-0.39, 0.29) is 12.8 Å². The molecule has 0 spiro atoms. The first-order chi connectivity index (χ1) is 11.2. The molecule has 2 nitrogen and oxygen atoms in total. The number of hydrogen-bond donors (Lipinski definition) is 1. The summed E-state index contributed by atoms with van der Waals surface area (Å²) in [5.41, 5.74) is 0. The number of rotatable bonds is 13. The van der Waals surface area contributed by atoms with E-state index in [2.05, 4.69) is 0 Å².